The van der Waals surface area contributed by atoms with E-state index in [2.05, 4.69) is 5.32 Å². The topological polar surface area (TPSA) is 32.3 Å². The molecule has 1 N–H and O–H groups in total. The van der Waals surface area contributed by atoms with Gasteiger partial charge < -0.3 is 10.2 Å². The molecule has 0 aliphatic carbocycles. The number of nitrogens with one attached hydrogen (secondary N) is 1. The van der Waals surface area contributed by atoms with E-state index in [4.69, 9.17) is 0 Å². The second kappa shape index (κ2) is 6.79. The Labute approximate surface area is 118 Å². The number of likely N-dealkylation sites (tertiary alicyclic amines) is 1. The number of carbonyl (C=O) groups excluding carboxylic acids is 1. The van der Waals surface area contributed by atoms with Crippen molar-refractivity contribution in [1.29, 1.82) is 0 Å². The third kappa shape index (κ3) is 3.54. The number of rotatable bonds is 4. The highest BCUT2D eigenvalue weighted by Crippen LogP contribution is 2.18. The second-order valence-corrected chi connectivity index (χ2v) is 5.30. The van der Waals surface area contributed by atoms with E-state index in [-0.39, 0.29) is 17.9 Å². The molecule has 0 unspecified atom stereocenters. The molecule has 2 rings (SSSR count). The molecule has 1 saturated heterocycles. The van der Waals surface area contributed by atoms with Crippen LogP contribution in [0.2, 0.25) is 0 Å². The fourth-order valence-electron chi connectivity index (χ4n) is 2.71. The molecule has 1 aromatic rings. The van der Waals surface area contributed by atoms with Crippen LogP contribution in [0.25, 0.3) is 0 Å². The van der Waals surface area contributed by atoms with Gasteiger partial charge in [0.15, 0.2) is 11.6 Å². The first-order valence-corrected chi connectivity index (χ1v) is 6.97. The van der Waals surface area contributed by atoms with Gasteiger partial charge in [0.1, 0.15) is 0 Å². The van der Waals surface area contributed by atoms with E-state index < -0.39 is 11.6 Å². The van der Waals surface area contributed by atoms with Gasteiger partial charge in [-0.25, -0.2) is 8.78 Å². The lowest BCUT2D eigenvalue weighted by molar-refractivity contribution is -0.132. The highest BCUT2D eigenvalue weighted by atomic mass is 19.2. The molecule has 1 atom stereocenters. The number of benzene rings is 1. The second-order valence-electron chi connectivity index (χ2n) is 5.30. The summed E-state index contributed by atoms with van der Waals surface area (Å²) >= 11 is 0. The van der Waals surface area contributed by atoms with E-state index in [1.54, 1.807) is 4.90 Å². The van der Waals surface area contributed by atoms with Crippen LogP contribution in [0.4, 0.5) is 8.78 Å². The van der Waals surface area contributed by atoms with Crippen molar-refractivity contribution in [2.75, 3.05) is 26.7 Å². The third-order valence-corrected chi connectivity index (χ3v) is 3.74. The number of amides is 1. The average molecular weight is 282 g/mol. The molecule has 1 aliphatic rings. The zero-order valence-corrected chi connectivity index (χ0v) is 11.7. The van der Waals surface area contributed by atoms with E-state index in [0.29, 0.717) is 19.0 Å². The largest absolute Gasteiger partial charge is 0.342 e. The van der Waals surface area contributed by atoms with Crippen LogP contribution in [0.1, 0.15) is 18.4 Å². The van der Waals surface area contributed by atoms with Crippen molar-refractivity contribution < 1.29 is 13.6 Å². The molecule has 0 radical (unpaired) electrons. The molecule has 20 heavy (non-hydrogen) atoms. The van der Waals surface area contributed by atoms with Crippen molar-refractivity contribution in [2.45, 2.75) is 19.3 Å². The van der Waals surface area contributed by atoms with Crippen LogP contribution in [-0.2, 0) is 11.2 Å². The van der Waals surface area contributed by atoms with Crippen LogP contribution < -0.4 is 5.32 Å². The molecule has 1 aromatic carbocycles. The Morgan fingerprint density at radius 2 is 2.25 bits per heavy atom. The highest BCUT2D eigenvalue weighted by molar-refractivity contribution is 5.79. The molecule has 1 amide bonds. The predicted molar refractivity (Wildman–Crippen MR) is 73.3 cm³/mol. The summed E-state index contributed by atoms with van der Waals surface area (Å²) in [5.74, 6) is -1.50. The lowest BCUT2D eigenvalue weighted by Gasteiger charge is -2.32. The van der Waals surface area contributed by atoms with Gasteiger partial charge in [0.25, 0.3) is 0 Å². The van der Waals surface area contributed by atoms with Gasteiger partial charge in [0.2, 0.25) is 5.91 Å². The maximum absolute atomic E-state index is 13.6. The Morgan fingerprint density at radius 3 is 3.00 bits per heavy atom. The Balaban J connectivity index is 1.99. The Bertz CT molecular complexity index is 477. The fraction of sp³-hybridized carbons (Fsp3) is 0.533. The van der Waals surface area contributed by atoms with Gasteiger partial charge in [0.05, 0.1) is 6.42 Å². The first-order valence-electron chi connectivity index (χ1n) is 6.97. The summed E-state index contributed by atoms with van der Waals surface area (Å²) < 4.78 is 26.7. The van der Waals surface area contributed by atoms with E-state index in [0.717, 1.165) is 25.5 Å². The minimum absolute atomic E-state index is 0.0735. The molecular formula is C15H20F2N2O. The standard InChI is InChI=1S/C15H20F2N2O/c1-18-9-11-4-3-7-19(10-11)14(20)8-12-5-2-6-13(16)15(12)17/h2,5-6,11,18H,3-4,7-10H2,1H3/t11-/m0/s1. The Hall–Kier alpha value is -1.49. The zero-order chi connectivity index (χ0) is 14.5. The minimum Gasteiger partial charge on any atom is -0.342 e. The van der Waals surface area contributed by atoms with Gasteiger partial charge in [-0.2, -0.15) is 0 Å². The van der Waals surface area contributed by atoms with Crippen molar-refractivity contribution in [2.24, 2.45) is 5.92 Å². The molecular weight excluding hydrogens is 262 g/mol. The molecule has 0 saturated carbocycles. The summed E-state index contributed by atoms with van der Waals surface area (Å²) in [5.41, 5.74) is 0.130. The summed E-state index contributed by atoms with van der Waals surface area (Å²) in [6, 6.07) is 3.96. The van der Waals surface area contributed by atoms with Crippen molar-refractivity contribution in [1.82, 2.24) is 10.2 Å². The van der Waals surface area contributed by atoms with Gasteiger partial charge in [-0.15, -0.1) is 0 Å². The maximum Gasteiger partial charge on any atom is 0.227 e. The number of hydrogen-bond donors (Lipinski definition) is 1. The van der Waals surface area contributed by atoms with Gasteiger partial charge in [0, 0.05) is 18.7 Å². The van der Waals surface area contributed by atoms with E-state index in [1.807, 2.05) is 7.05 Å². The predicted octanol–water partition coefficient (Wildman–Crippen LogP) is 1.97. The van der Waals surface area contributed by atoms with E-state index >= 15 is 0 Å². The smallest absolute Gasteiger partial charge is 0.227 e. The number of halogens is 2. The highest BCUT2D eigenvalue weighted by Gasteiger charge is 2.24. The molecule has 0 spiro atoms. The summed E-state index contributed by atoms with van der Waals surface area (Å²) in [7, 11) is 1.89. The molecule has 0 bridgehead atoms. The van der Waals surface area contributed by atoms with Crippen LogP contribution >= 0.6 is 0 Å². The number of carbonyl (C=O) groups is 1. The van der Waals surface area contributed by atoms with Crippen LogP contribution in [0.3, 0.4) is 0 Å². The summed E-state index contributed by atoms with van der Waals surface area (Å²) in [4.78, 5) is 14.0. The number of nitrogens with zero attached hydrogens (tertiary/aromatic N) is 1. The summed E-state index contributed by atoms with van der Waals surface area (Å²) in [5, 5.41) is 3.12. The van der Waals surface area contributed by atoms with Crippen LogP contribution in [0.15, 0.2) is 18.2 Å². The van der Waals surface area contributed by atoms with Gasteiger partial charge in [-0.05, 0) is 38.4 Å². The molecule has 3 nitrogen and oxygen atoms in total. The summed E-state index contributed by atoms with van der Waals surface area (Å²) in [6.45, 7) is 2.27. The van der Waals surface area contributed by atoms with Crippen LogP contribution in [0, 0.1) is 17.6 Å². The molecule has 5 heteroatoms. The molecule has 1 fully saturated rings. The molecule has 0 aromatic heterocycles. The lowest BCUT2D eigenvalue weighted by Crippen LogP contribution is -2.43. The van der Waals surface area contributed by atoms with Crippen molar-refractivity contribution in [3.63, 3.8) is 0 Å². The first-order chi connectivity index (χ1) is 9.61. The normalized spacial score (nSPS) is 19.1. The third-order valence-electron chi connectivity index (χ3n) is 3.74. The van der Waals surface area contributed by atoms with Gasteiger partial charge >= 0.3 is 0 Å². The maximum atomic E-state index is 13.6. The van der Waals surface area contributed by atoms with Crippen LogP contribution in [-0.4, -0.2) is 37.5 Å². The fourth-order valence-corrected chi connectivity index (χ4v) is 2.71. The van der Waals surface area contributed by atoms with E-state index in [1.165, 1.54) is 12.1 Å². The average Bonchev–Trinajstić information content (AvgIpc) is 2.44. The van der Waals surface area contributed by atoms with Crippen molar-refractivity contribution in [3.8, 4) is 0 Å². The lowest BCUT2D eigenvalue weighted by atomic mass is 9.97. The molecule has 1 aliphatic heterocycles. The zero-order valence-electron chi connectivity index (χ0n) is 11.7. The van der Waals surface area contributed by atoms with Crippen molar-refractivity contribution in [3.05, 3.63) is 35.4 Å². The van der Waals surface area contributed by atoms with Crippen molar-refractivity contribution >= 4 is 5.91 Å². The molecule has 1 heterocycles. The number of hydrogen-bond acceptors (Lipinski definition) is 2. The minimum atomic E-state index is -0.912. The van der Waals surface area contributed by atoms with Gasteiger partial charge in [-0.3, -0.25) is 4.79 Å². The monoisotopic (exact) mass is 282 g/mol. The van der Waals surface area contributed by atoms with Gasteiger partial charge in [-0.1, -0.05) is 12.1 Å². The Kier molecular flexibility index (Phi) is 5.06. The van der Waals surface area contributed by atoms with Crippen LogP contribution in [0.5, 0.6) is 0 Å². The Morgan fingerprint density at radius 1 is 1.45 bits per heavy atom. The summed E-state index contributed by atoms with van der Waals surface area (Å²) in [6.07, 6.45) is 1.98. The number of piperidine rings is 1. The van der Waals surface area contributed by atoms with E-state index in [9.17, 15) is 13.6 Å². The quantitative estimate of drug-likeness (QED) is 0.915. The SMILES string of the molecule is CNC[C@@H]1CCCN(C(=O)Cc2cccc(F)c2F)C1. The molecule has 110 valence electrons. The first kappa shape index (κ1) is 14.9.